The van der Waals surface area contributed by atoms with Gasteiger partial charge in [-0.3, -0.25) is 0 Å². The van der Waals surface area contributed by atoms with Crippen LogP contribution in [0, 0.1) is 10.1 Å². The third-order valence-corrected chi connectivity index (χ3v) is 2.15. The number of nitrogens with zero attached hydrogens (tertiary/aromatic N) is 5. The summed E-state index contributed by atoms with van der Waals surface area (Å²) in [6, 6.07) is 1.22. The molecule has 2 aromatic heterocycles. The molecule has 0 aliphatic rings. The molecule has 0 aliphatic heterocycles. The van der Waals surface area contributed by atoms with Crippen LogP contribution in [-0.4, -0.2) is 35.7 Å². The number of aromatic carboxylic acids is 1. The second kappa shape index (κ2) is 4.57. The number of rotatable bonds is 4. The first kappa shape index (κ1) is 11.6. The summed E-state index contributed by atoms with van der Waals surface area (Å²) in [6.07, 6.45) is 3.76. The van der Waals surface area contributed by atoms with Crippen molar-refractivity contribution in [3.63, 3.8) is 0 Å². The zero-order valence-electron chi connectivity index (χ0n) is 8.92. The third-order valence-electron chi connectivity index (χ3n) is 2.15. The maximum Gasteiger partial charge on any atom is 0.389 e. The molecule has 0 radical (unpaired) electrons. The van der Waals surface area contributed by atoms with Crippen LogP contribution in [0.5, 0.6) is 0 Å². The second-order valence-electron chi connectivity index (χ2n) is 3.32. The molecule has 0 spiro atoms. The highest BCUT2D eigenvalue weighted by molar-refractivity contribution is 5.88. The number of nitro groups is 1. The monoisotopic (exact) mass is 249 g/mol. The predicted octanol–water partition coefficient (Wildman–Crippen LogP) is 0.328. The van der Waals surface area contributed by atoms with Crippen LogP contribution >= 0.6 is 0 Å². The van der Waals surface area contributed by atoms with Gasteiger partial charge in [-0.25, -0.2) is 14.8 Å². The highest BCUT2D eigenvalue weighted by Gasteiger charge is 2.15. The average Bonchev–Trinajstić information content (AvgIpc) is 2.78. The minimum absolute atomic E-state index is 0.0258. The van der Waals surface area contributed by atoms with Crippen LogP contribution in [0.25, 0.3) is 0 Å². The average molecular weight is 249 g/mol. The van der Waals surface area contributed by atoms with Crippen molar-refractivity contribution in [3.8, 4) is 0 Å². The van der Waals surface area contributed by atoms with Gasteiger partial charge in [-0.2, -0.15) is 4.68 Å². The molecule has 0 bridgehead atoms. The maximum atomic E-state index is 10.9. The highest BCUT2D eigenvalue weighted by Crippen LogP contribution is 2.09. The van der Waals surface area contributed by atoms with E-state index in [1.165, 1.54) is 29.5 Å². The number of hydrogen-bond acceptors (Lipinski definition) is 6. The molecule has 9 nitrogen and oxygen atoms in total. The first-order chi connectivity index (χ1) is 8.58. The van der Waals surface area contributed by atoms with Gasteiger partial charge in [0.25, 0.3) is 0 Å². The van der Waals surface area contributed by atoms with E-state index < -0.39 is 10.9 Å². The van der Waals surface area contributed by atoms with E-state index in [1.54, 1.807) is 0 Å². The zero-order valence-corrected chi connectivity index (χ0v) is 8.92. The van der Waals surface area contributed by atoms with Crippen molar-refractivity contribution >= 4 is 11.8 Å². The number of aromatic nitrogens is 4. The Labute approximate surface area is 99.9 Å². The van der Waals surface area contributed by atoms with Gasteiger partial charge in [0.1, 0.15) is 18.4 Å². The van der Waals surface area contributed by atoms with E-state index in [1.807, 2.05) is 0 Å². The number of hydrogen-bond donors (Lipinski definition) is 1. The van der Waals surface area contributed by atoms with Gasteiger partial charge in [-0.15, -0.1) is 0 Å². The topological polar surface area (TPSA) is 124 Å². The fraction of sp³-hybridized carbons (Fsp3) is 0.111. The molecule has 92 valence electrons. The van der Waals surface area contributed by atoms with Crippen LogP contribution in [0.2, 0.25) is 0 Å². The van der Waals surface area contributed by atoms with E-state index in [0.29, 0.717) is 0 Å². The molecular weight excluding hydrogens is 242 g/mol. The molecule has 2 heterocycles. The van der Waals surface area contributed by atoms with E-state index in [-0.39, 0.29) is 23.6 Å². The summed E-state index contributed by atoms with van der Waals surface area (Å²) < 4.78 is 1.24. The van der Waals surface area contributed by atoms with Crippen molar-refractivity contribution in [1.82, 2.24) is 19.7 Å². The molecule has 1 N–H and O–H groups in total. The molecule has 0 unspecified atom stereocenters. The van der Waals surface area contributed by atoms with Crippen LogP contribution in [-0.2, 0) is 6.54 Å². The van der Waals surface area contributed by atoms with Crippen molar-refractivity contribution in [1.29, 1.82) is 0 Å². The first-order valence-corrected chi connectivity index (χ1v) is 4.78. The number of carbonyl (C=O) groups is 1. The largest absolute Gasteiger partial charge is 0.478 e. The van der Waals surface area contributed by atoms with Crippen LogP contribution in [0.3, 0.4) is 0 Å². The molecule has 0 aromatic carbocycles. The van der Waals surface area contributed by atoms with E-state index in [0.717, 1.165) is 0 Å². The van der Waals surface area contributed by atoms with E-state index in [9.17, 15) is 14.9 Å². The lowest BCUT2D eigenvalue weighted by molar-refractivity contribution is -0.389. The molecule has 0 saturated heterocycles. The Morgan fingerprint density at radius 1 is 1.56 bits per heavy atom. The van der Waals surface area contributed by atoms with E-state index in [4.69, 9.17) is 5.11 Å². The summed E-state index contributed by atoms with van der Waals surface area (Å²) in [4.78, 5) is 28.2. The van der Waals surface area contributed by atoms with Gasteiger partial charge in [0.15, 0.2) is 0 Å². The summed E-state index contributed by atoms with van der Waals surface area (Å²) in [6.45, 7) is 0.0258. The molecular formula is C9H7N5O4. The molecule has 18 heavy (non-hydrogen) atoms. The number of carboxylic acids is 1. The summed E-state index contributed by atoms with van der Waals surface area (Å²) in [5.41, 5.74) is 0.172. The molecule has 9 heteroatoms. The van der Waals surface area contributed by atoms with Crippen molar-refractivity contribution in [2.45, 2.75) is 6.54 Å². The lowest BCUT2D eigenvalue weighted by atomic mass is 10.2. The van der Waals surface area contributed by atoms with Gasteiger partial charge in [0.2, 0.25) is 0 Å². The van der Waals surface area contributed by atoms with Crippen LogP contribution in [0.1, 0.15) is 16.1 Å². The quantitative estimate of drug-likeness (QED) is 0.611. The van der Waals surface area contributed by atoms with Gasteiger partial charge >= 0.3 is 11.8 Å². The summed E-state index contributed by atoms with van der Waals surface area (Å²) in [5.74, 6) is -1.46. The summed E-state index contributed by atoms with van der Waals surface area (Å²) in [7, 11) is 0. The second-order valence-corrected chi connectivity index (χ2v) is 3.32. The molecule has 0 amide bonds. The van der Waals surface area contributed by atoms with E-state index in [2.05, 4.69) is 15.1 Å². The summed E-state index contributed by atoms with van der Waals surface area (Å²) >= 11 is 0. The van der Waals surface area contributed by atoms with Gasteiger partial charge < -0.3 is 15.2 Å². The molecule has 0 aliphatic carbocycles. The first-order valence-electron chi connectivity index (χ1n) is 4.78. The maximum absolute atomic E-state index is 10.9. The lowest BCUT2D eigenvalue weighted by Gasteiger charge is -2.01. The van der Waals surface area contributed by atoms with Gasteiger partial charge in [0, 0.05) is 6.20 Å². The Kier molecular flexibility index (Phi) is 2.96. The normalized spacial score (nSPS) is 10.2. The smallest absolute Gasteiger partial charge is 0.389 e. The Morgan fingerprint density at radius 3 is 2.94 bits per heavy atom. The number of carboxylic acid groups (broad SMARTS) is 1. The summed E-state index contributed by atoms with van der Waals surface area (Å²) in [5, 5.41) is 23.0. The van der Waals surface area contributed by atoms with Gasteiger partial charge in [-0.1, -0.05) is 0 Å². The molecule has 2 aromatic rings. The SMILES string of the molecule is O=C(O)c1cncnc1Cn1ccc([N+](=O)[O-])n1. The minimum Gasteiger partial charge on any atom is -0.478 e. The van der Waals surface area contributed by atoms with Crippen LogP contribution in [0.15, 0.2) is 24.8 Å². The Hall–Kier alpha value is -2.84. The Bertz CT molecular complexity index is 609. The predicted molar refractivity (Wildman–Crippen MR) is 57.0 cm³/mol. The third kappa shape index (κ3) is 2.29. The van der Waals surface area contributed by atoms with Crippen LogP contribution < -0.4 is 0 Å². The molecule has 0 fully saturated rings. The Morgan fingerprint density at radius 2 is 2.33 bits per heavy atom. The molecule has 0 saturated carbocycles. The lowest BCUT2D eigenvalue weighted by Crippen LogP contribution is -2.10. The van der Waals surface area contributed by atoms with Crippen molar-refractivity contribution in [2.75, 3.05) is 0 Å². The van der Waals surface area contributed by atoms with Crippen molar-refractivity contribution in [2.24, 2.45) is 0 Å². The van der Waals surface area contributed by atoms with Gasteiger partial charge in [-0.05, 0) is 4.92 Å². The Balaban J connectivity index is 2.28. The fourth-order valence-electron chi connectivity index (χ4n) is 1.35. The minimum atomic E-state index is -1.16. The standard InChI is InChI=1S/C9H7N5O4/c15-9(16)6-3-10-5-11-7(6)4-13-2-1-8(12-13)14(17)18/h1-3,5H,4H2,(H,15,16). The van der Waals surface area contributed by atoms with Crippen molar-refractivity contribution < 1.29 is 14.8 Å². The fourth-order valence-corrected chi connectivity index (χ4v) is 1.35. The van der Waals surface area contributed by atoms with E-state index >= 15 is 0 Å². The molecule has 2 rings (SSSR count). The van der Waals surface area contributed by atoms with Crippen molar-refractivity contribution in [3.05, 3.63) is 46.2 Å². The van der Waals surface area contributed by atoms with Gasteiger partial charge in [0.05, 0.1) is 23.1 Å². The van der Waals surface area contributed by atoms with Crippen LogP contribution in [0.4, 0.5) is 5.82 Å². The molecule has 0 atom stereocenters. The highest BCUT2D eigenvalue weighted by atomic mass is 16.6. The zero-order chi connectivity index (χ0) is 13.1.